The van der Waals surface area contributed by atoms with Gasteiger partial charge in [-0.2, -0.15) is 0 Å². The maximum atomic E-state index is 12.5. The Morgan fingerprint density at radius 1 is 1.36 bits per heavy atom. The SMILES string of the molecule is Cc1ccc(Cl)c(S(=O)(=O)NC2CC(N(CC(=O)O)CC3CC3)C2)c1. The summed E-state index contributed by atoms with van der Waals surface area (Å²) in [5, 5.41) is 9.28. The van der Waals surface area contributed by atoms with E-state index in [9.17, 15) is 13.2 Å². The molecule has 1 aromatic rings. The van der Waals surface area contributed by atoms with E-state index >= 15 is 0 Å². The van der Waals surface area contributed by atoms with Crippen molar-refractivity contribution in [3.8, 4) is 0 Å². The number of hydrogen-bond donors (Lipinski definition) is 2. The average molecular weight is 387 g/mol. The smallest absolute Gasteiger partial charge is 0.317 e. The van der Waals surface area contributed by atoms with E-state index in [0.717, 1.165) is 24.9 Å². The normalized spacial score (nSPS) is 23.5. The van der Waals surface area contributed by atoms with Crippen LogP contribution in [0.25, 0.3) is 0 Å². The molecule has 0 amide bonds. The second-order valence-corrected chi connectivity index (χ2v) is 9.23. The van der Waals surface area contributed by atoms with E-state index in [1.54, 1.807) is 18.2 Å². The van der Waals surface area contributed by atoms with Crippen molar-refractivity contribution in [1.29, 1.82) is 0 Å². The summed E-state index contributed by atoms with van der Waals surface area (Å²) in [6, 6.07) is 4.85. The lowest BCUT2D eigenvalue weighted by molar-refractivity contribution is -0.139. The first-order valence-corrected chi connectivity index (χ1v) is 10.3. The minimum Gasteiger partial charge on any atom is -0.480 e. The molecule has 3 rings (SSSR count). The van der Waals surface area contributed by atoms with Gasteiger partial charge in [0.2, 0.25) is 10.0 Å². The van der Waals surface area contributed by atoms with Crippen LogP contribution in [-0.2, 0) is 14.8 Å². The number of carboxylic acids is 1. The molecule has 0 aliphatic heterocycles. The summed E-state index contributed by atoms with van der Waals surface area (Å²) in [6.45, 7) is 2.63. The number of carboxylic acid groups (broad SMARTS) is 1. The van der Waals surface area contributed by atoms with Crippen LogP contribution in [0.15, 0.2) is 23.1 Å². The molecular weight excluding hydrogens is 364 g/mol. The van der Waals surface area contributed by atoms with Crippen molar-refractivity contribution in [2.24, 2.45) is 5.92 Å². The molecule has 0 bridgehead atoms. The Morgan fingerprint density at radius 3 is 2.64 bits per heavy atom. The van der Waals surface area contributed by atoms with Crippen LogP contribution in [0.2, 0.25) is 5.02 Å². The fraction of sp³-hybridized carbons (Fsp3) is 0.588. The van der Waals surface area contributed by atoms with Gasteiger partial charge in [-0.1, -0.05) is 17.7 Å². The first-order chi connectivity index (χ1) is 11.7. The maximum absolute atomic E-state index is 12.5. The predicted molar refractivity (Wildman–Crippen MR) is 95.3 cm³/mol. The minimum absolute atomic E-state index is 0.0182. The summed E-state index contributed by atoms with van der Waals surface area (Å²) in [4.78, 5) is 13.1. The van der Waals surface area contributed by atoms with Gasteiger partial charge < -0.3 is 5.11 Å². The van der Waals surface area contributed by atoms with Gasteiger partial charge in [-0.15, -0.1) is 0 Å². The molecule has 1 aromatic carbocycles. The number of benzene rings is 1. The number of halogens is 1. The van der Waals surface area contributed by atoms with E-state index in [-0.39, 0.29) is 28.5 Å². The molecule has 2 saturated carbocycles. The molecule has 2 fully saturated rings. The van der Waals surface area contributed by atoms with Gasteiger partial charge in [0.05, 0.1) is 11.6 Å². The largest absolute Gasteiger partial charge is 0.480 e. The monoisotopic (exact) mass is 386 g/mol. The van der Waals surface area contributed by atoms with Crippen molar-refractivity contribution in [1.82, 2.24) is 9.62 Å². The van der Waals surface area contributed by atoms with Gasteiger partial charge in [-0.3, -0.25) is 9.69 Å². The van der Waals surface area contributed by atoms with E-state index in [1.165, 1.54) is 0 Å². The van der Waals surface area contributed by atoms with Crippen molar-refractivity contribution < 1.29 is 18.3 Å². The molecule has 0 radical (unpaired) electrons. The molecule has 138 valence electrons. The lowest BCUT2D eigenvalue weighted by Crippen LogP contribution is -2.55. The summed E-state index contributed by atoms with van der Waals surface area (Å²) in [5.74, 6) is -0.239. The van der Waals surface area contributed by atoms with Crippen molar-refractivity contribution in [2.75, 3.05) is 13.1 Å². The van der Waals surface area contributed by atoms with Crippen molar-refractivity contribution in [2.45, 2.75) is 49.6 Å². The van der Waals surface area contributed by atoms with Crippen molar-refractivity contribution in [3.63, 3.8) is 0 Å². The van der Waals surface area contributed by atoms with Crippen LogP contribution in [0.1, 0.15) is 31.2 Å². The van der Waals surface area contributed by atoms with E-state index < -0.39 is 16.0 Å². The summed E-state index contributed by atoms with van der Waals surface area (Å²) < 4.78 is 27.8. The molecule has 0 heterocycles. The first kappa shape index (κ1) is 18.6. The van der Waals surface area contributed by atoms with Crippen LogP contribution in [0.4, 0.5) is 0 Å². The highest BCUT2D eigenvalue weighted by Gasteiger charge is 2.39. The number of nitrogens with zero attached hydrogens (tertiary/aromatic N) is 1. The Bertz CT molecular complexity index is 758. The van der Waals surface area contributed by atoms with Crippen LogP contribution in [0, 0.1) is 12.8 Å². The van der Waals surface area contributed by atoms with E-state index in [1.807, 2.05) is 11.8 Å². The zero-order valence-electron chi connectivity index (χ0n) is 14.1. The van der Waals surface area contributed by atoms with Gasteiger partial charge >= 0.3 is 5.97 Å². The summed E-state index contributed by atoms with van der Waals surface area (Å²) in [5.41, 5.74) is 0.827. The molecule has 6 nitrogen and oxygen atoms in total. The maximum Gasteiger partial charge on any atom is 0.317 e. The van der Waals surface area contributed by atoms with E-state index in [0.29, 0.717) is 18.8 Å². The third-order valence-corrected chi connectivity index (χ3v) is 6.86. The molecule has 0 spiro atoms. The zero-order chi connectivity index (χ0) is 18.2. The Hall–Kier alpha value is -1.15. The number of carbonyl (C=O) groups is 1. The Morgan fingerprint density at radius 2 is 2.04 bits per heavy atom. The fourth-order valence-electron chi connectivity index (χ4n) is 3.23. The van der Waals surface area contributed by atoms with Crippen LogP contribution in [0.3, 0.4) is 0 Å². The van der Waals surface area contributed by atoms with Gasteiger partial charge in [0.15, 0.2) is 0 Å². The molecular formula is C17H23ClN2O4S. The van der Waals surface area contributed by atoms with Crippen molar-refractivity contribution >= 4 is 27.6 Å². The highest BCUT2D eigenvalue weighted by molar-refractivity contribution is 7.89. The molecule has 2 aliphatic carbocycles. The number of sulfonamides is 1. The number of nitrogens with one attached hydrogen (secondary N) is 1. The van der Waals surface area contributed by atoms with Gasteiger partial charge in [-0.25, -0.2) is 13.1 Å². The summed E-state index contributed by atoms with van der Waals surface area (Å²) >= 11 is 6.03. The molecule has 2 N–H and O–H groups in total. The predicted octanol–water partition coefficient (Wildman–Crippen LogP) is 2.25. The number of rotatable bonds is 8. The van der Waals surface area contributed by atoms with Crippen LogP contribution >= 0.6 is 11.6 Å². The molecule has 0 unspecified atom stereocenters. The molecule has 0 atom stereocenters. The van der Waals surface area contributed by atoms with Crippen LogP contribution < -0.4 is 4.72 Å². The average Bonchev–Trinajstić information content (AvgIpc) is 3.28. The molecule has 25 heavy (non-hydrogen) atoms. The van der Waals surface area contributed by atoms with Gasteiger partial charge in [0, 0.05) is 18.6 Å². The lowest BCUT2D eigenvalue weighted by Gasteiger charge is -2.42. The van der Waals surface area contributed by atoms with E-state index in [2.05, 4.69) is 4.72 Å². The minimum atomic E-state index is -3.67. The fourth-order valence-corrected chi connectivity index (χ4v) is 5.08. The lowest BCUT2D eigenvalue weighted by atomic mass is 9.86. The van der Waals surface area contributed by atoms with Gasteiger partial charge in [-0.05, 0) is 56.2 Å². The van der Waals surface area contributed by atoms with Crippen molar-refractivity contribution in [3.05, 3.63) is 28.8 Å². The summed E-state index contributed by atoms with van der Waals surface area (Å²) in [7, 11) is -3.67. The highest BCUT2D eigenvalue weighted by atomic mass is 35.5. The first-order valence-electron chi connectivity index (χ1n) is 8.49. The van der Waals surface area contributed by atoms with Crippen LogP contribution in [-0.4, -0.2) is 49.6 Å². The van der Waals surface area contributed by atoms with Gasteiger partial charge in [0.1, 0.15) is 4.90 Å². The second kappa shape index (κ2) is 7.23. The standard InChI is InChI=1S/C17H23ClN2O4S/c1-11-2-5-15(18)16(6-11)25(23,24)19-13-7-14(8-13)20(10-17(21)22)9-12-3-4-12/h2,5-6,12-14,19H,3-4,7-10H2,1H3,(H,21,22). The Balaban J connectivity index is 1.60. The Labute approximate surface area is 153 Å². The molecule has 0 saturated heterocycles. The third-order valence-electron chi connectivity index (χ3n) is 4.86. The summed E-state index contributed by atoms with van der Waals surface area (Å²) in [6.07, 6.45) is 3.57. The second-order valence-electron chi connectivity index (χ2n) is 7.14. The van der Waals surface area contributed by atoms with Gasteiger partial charge in [0.25, 0.3) is 0 Å². The Kier molecular flexibility index (Phi) is 5.39. The number of hydrogen-bond acceptors (Lipinski definition) is 4. The molecule has 2 aliphatic rings. The third kappa shape index (κ3) is 4.73. The van der Waals surface area contributed by atoms with Crippen LogP contribution in [0.5, 0.6) is 0 Å². The quantitative estimate of drug-likeness (QED) is 0.715. The van der Waals surface area contributed by atoms with E-state index in [4.69, 9.17) is 16.7 Å². The highest BCUT2D eigenvalue weighted by Crippen LogP contribution is 2.34. The number of aryl methyl sites for hydroxylation is 1. The zero-order valence-corrected chi connectivity index (χ0v) is 15.7. The molecule has 0 aromatic heterocycles. The topological polar surface area (TPSA) is 86.7 Å². The molecule has 8 heteroatoms. The number of aliphatic carboxylic acids is 1.